The van der Waals surface area contributed by atoms with Crippen molar-refractivity contribution >= 4 is 17.5 Å². The van der Waals surface area contributed by atoms with E-state index >= 15 is 0 Å². The zero-order chi connectivity index (χ0) is 19.2. The molecule has 0 unspecified atom stereocenters. The van der Waals surface area contributed by atoms with E-state index in [0.29, 0.717) is 11.4 Å². The molecular formula is C19H19N5O3. The van der Waals surface area contributed by atoms with Crippen LogP contribution in [0, 0.1) is 0 Å². The largest absolute Gasteiger partial charge is 0.497 e. The van der Waals surface area contributed by atoms with E-state index in [1.165, 1.54) is 22.8 Å². The molecular weight excluding hydrogens is 346 g/mol. The summed E-state index contributed by atoms with van der Waals surface area (Å²) in [5, 5.41) is 10.6. The standard InChI is InChI=1S/C19H19N5O3/c1-23(13-18(25)20-14-8-10-16(27-2)11-9-14)19(26)17-12-24(22-21-17)15-6-4-3-5-7-15/h3-12H,13H2,1-2H3,(H,20,25). The highest BCUT2D eigenvalue weighted by Crippen LogP contribution is 2.15. The van der Waals surface area contributed by atoms with Crippen molar-refractivity contribution in [1.82, 2.24) is 19.9 Å². The molecule has 3 aromatic rings. The van der Waals surface area contributed by atoms with Gasteiger partial charge >= 0.3 is 0 Å². The Kier molecular flexibility index (Phi) is 5.46. The van der Waals surface area contributed by atoms with Gasteiger partial charge in [0.25, 0.3) is 5.91 Å². The lowest BCUT2D eigenvalue weighted by Crippen LogP contribution is -2.35. The number of amides is 2. The Labute approximate surface area is 156 Å². The van der Waals surface area contributed by atoms with Crippen LogP contribution in [0.2, 0.25) is 0 Å². The van der Waals surface area contributed by atoms with E-state index in [4.69, 9.17) is 4.74 Å². The Morgan fingerprint density at radius 2 is 1.81 bits per heavy atom. The van der Waals surface area contributed by atoms with Crippen LogP contribution in [0.15, 0.2) is 60.8 Å². The quantitative estimate of drug-likeness (QED) is 0.722. The minimum atomic E-state index is -0.387. The molecule has 3 rings (SSSR count). The van der Waals surface area contributed by atoms with Crippen molar-refractivity contribution in [3.8, 4) is 11.4 Å². The van der Waals surface area contributed by atoms with Crippen LogP contribution in [0.5, 0.6) is 5.75 Å². The van der Waals surface area contributed by atoms with Gasteiger partial charge in [-0.3, -0.25) is 9.59 Å². The van der Waals surface area contributed by atoms with E-state index in [-0.39, 0.29) is 24.1 Å². The first-order valence-corrected chi connectivity index (χ1v) is 8.24. The number of methoxy groups -OCH3 is 1. The number of carbonyl (C=O) groups excluding carboxylic acids is 2. The van der Waals surface area contributed by atoms with Crippen molar-refractivity contribution in [2.45, 2.75) is 0 Å². The number of rotatable bonds is 6. The summed E-state index contributed by atoms with van der Waals surface area (Å²) in [7, 11) is 3.11. The fourth-order valence-electron chi connectivity index (χ4n) is 2.43. The number of nitrogens with one attached hydrogen (secondary N) is 1. The molecule has 0 saturated heterocycles. The van der Waals surface area contributed by atoms with E-state index in [0.717, 1.165) is 5.69 Å². The van der Waals surface area contributed by atoms with Crippen LogP contribution < -0.4 is 10.1 Å². The molecule has 8 heteroatoms. The van der Waals surface area contributed by atoms with E-state index < -0.39 is 0 Å². The van der Waals surface area contributed by atoms with E-state index in [1.807, 2.05) is 30.3 Å². The maximum absolute atomic E-state index is 12.5. The van der Waals surface area contributed by atoms with Gasteiger partial charge in [0.2, 0.25) is 5.91 Å². The third-order valence-electron chi connectivity index (χ3n) is 3.83. The molecule has 0 aliphatic heterocycles. The van der Waals surface area contributed by atoms with Crippen LogP contribution >= 0.6 is 0 Å². The second-order valence-electron chi connectivity index (χ2n) is 5.82. The lowest BCUT2D eigenvalue weighted by atomic mass is 10.3. The molecule has 8 nitrogen and oxygen atoms in total. The number of para-hydroxylation sites is 1. The van der Waals surface area contributed by atoms with Crippen LogP contribution in [-0.2, 0) is 4.79 Å². The number of benzene rings is 2. The lowest BCUT2D eigenvalue weighted by molar-refractivity contribution is -0.116. The van der Waals surface area contributed by atoms with Gasteiger partial charge in [0, 0.05) is 12.7 Å². The molecule has 2 amide bonds. The fraction of sp³-hybridized carbons (Fsp3) is 0.158. The van der Waals surface area contributed by atoms with Gasteiger partial charge in [-0.15, -0.1) is 5.10 Å². The number of nitrogens with zero attached hydrogens (tertiary/aromatic N) is 4. The number of aromatic nitrogens is 3. The van der Waals surface area contributed by atoms with Gasteiger partial charge in [-0.1, -0.05) is 23.4 Å². The molecule has 0 aliphatic carbocycles. The zero-order valence-electron chi connectivity index (χ0n) is 15.0. The van der Waals surface area contributed by atoms with Crippen molar-refractivity contribution in [1.29, 1.82) is 0 Å². The second kappa shape index (κ2) is 8.13. The average Bonchev–Trinajstić information content (AvgIpc) is 3.18. The molecule has 0 spiro atoms. The van der Waals surface area contributed by atoms with Gasteiger partial charge in [0.15, 0.2) is 5.69 Å². The Morgan fingerprint density at radius 1 is 1.11 bits per heavy atom. The summed E-state index contributed by atoms with van der Waals surface area (Å²) in [5.41, 5.74) is 1.58. The van der Waals surface area contributed by atoms with Crippen molar-refractivity contribution < 1.29 is 14.3 Å². The molecule has 0 radical (unpaired) electrons. The molecule has 27 heavy (non-hydrogen) atoms. The lowest BCUT2D eigenvalue weighted by Gasteiger charge is -2.15. The van der Waals surface area contributed by atoms with Crippen LogP contribution in [0.25, 0.3) is 5.69 Å². The first-order chi connectivity index (χ1) is 13.1. The summed E-state index contributed by atoms with van der Waals surface area (Å²) >= 11 is 0. The maximum atomic E-state index is 12.5. The molecule has 2 aromatic carbocycles. The monoisotopic (exact) mass is 365 g/mol. The third kappa shape index (κ3) is 4.49. The molecule has 0 bridgehead atoms. The van der Waals surface area contributed by atoms with E-state index in [1.54, 1.807) is 31.4 Å². The molecule has 0 atom stereocenters. The number of carbonyl (C=O) groups is 2. The van der Waals surface area contributed by atoms with Gasteiger partial charge in [0.05, 0.1) is 25.5 Å². The highest BCUT2D eigenvalue weighted by atomic mass is 16.5. The van der Waals surface area contributed by atoms with Crippen molar-refractivity contribution in [2.24, 2.45) is 0 Å². The molecule has 138 valence electrons. The maximum Gasteiger partial charge on any atom is 0.276 e. The Morgan fingerprint density at radius 3 is 2.48 bits per heavy atom. The first kappa shape index (κ1) is 18.1. The normalized spacial score (nSPS) is 10.3. The minimum Gasteiger partial charge on any atom is -0.497 e. The smallest absolute Gasteiger partial charge is 0.276 e. The summed E-state index contributed by atoms with van der Waals surface area (Å²) in [6.07, 6.45) is 1.54. The summed E-state index contributed by atoms with van der Waals surface area (Å²) in [5.74, 6) is -0.00433. The predicted octanol–water partition coefficient (Wildman–Crippen LogP) is 1.99. The Hall–Kier alpha value is -3.68. The van der Waals surface area contributed by atoms with E-state index in [2.05, 4.69) is 15.6 Å². The van der Waals surface area contributed by atoms with Crippen molar-refractivity contribution in [2.75, 3.05) is 26.0 Å². The number of anilines is 1. The SMILES string of the molecule is COc1ccc(NC(=O)CN(C)C(=O)c2cn(-c3ccccc3)nn2)cc1. The molecule has 0 aliphatic rings. The van der Waals surface area contributed by atoms with E-state index in [9.17, 15) is 9.59 Å². The number of hydrogen-bond donors (Lipinski definition) is 1. The van der Waals surface area contributed by atoms with Gasteiger partial charge < -0.3 is 15.0 Å². The molecule has 1 heterocycles. The fourth-order valence-corrected chi connectivity index (χ4v) is 2.43. The molecule has 1 N–H and O–H groups in total. The van der Waals surface area contributed by atoms with Crippen LogP contribution in [-0.4, -0.2) is 52.4 Å². The molecule has 1 aromatic heterocycles. The summed E-state index contributed by atoms with van der Waals surface area (Å²) in [6.45, 7) is -0.108. The van der Waals surface area contributed by atoms with Crippen molar-refractivity contribution in [3.63, 3.8) is 0 Å². The Balaban J connectivity index is 1.60. The molecule has 0 fully saturated rings. The van der Waals surface area contributed by atoms with Gasteiger partial charge in [-0.05, 0) is 36.4 Å². The predicted molar refractivity (Wildman–Crippen MR) is 99.9 cm³/mol. The van der Waals surface area contributed by atoms with Crippen LogP contribution in [0.4, 0.5) is 5.69 Å². The van der Waals surface area contributed by atoms with Crippen LogP contribution in [0.3, 0.4) is 0 Å². The van der Waals surface area contributed by atoms with Crippen molar-refractivity contribution in [3.05, 3.63) is 66.5 Å². The van der Waals surface area contributed by atoms with Gasteiger partial charge in [-0.2, -0.15) is 0 Å². The third-order valence-corrected chi connectivity index (χ3v) is 3.83. The summed E-state index contributed by atoms with van der Waals surface area (Å²) in [4.78, 5) is 25.9. The van der Waals surface area contributed by atoms with Crippen LogP contribution in [0.1, 0.15) is 10.5 Å². The van der Waals surface area contributed by atoms with Gasteiger partial charge in [-0.25, -0.2) is 4.68 Å². The highest BCUT2D eigenvalue weighted by Gasteiger charge is 2.18. The Bertz CT molecular complexity index is 922. The highest BCUT2D eigenvalue weighted by molar-refractivity contribution is 5.98. The number of ether oxygens (including phenoxy) is 1. The summed E-state index contributed by atoms with van der Waals surface area (Å²) in [6, 6.07) is 16.3. The number of hydrogen-bond acceptors (Lipinski definition) is 5. The topological polar surface area (TPSA) is 89.4 Å². The number of likely N-dealkylation sites (N-methyl/N-ethyl adjacent to an activating group) is 1. The molecule has 0 saturated carbocycles. The zero-order valence-corrected chi connectivity index (χ0v) is 15.0. The second-order valence-corrected chi connectivity index (χ2v) is 5.82. The average molecular weight is 365 g/mol. The minimum absolute atomic E-state index is 0.108. The summed E-state index contributed by atoms with van der Waals surface area (Å²) < 4.78 is 6.59. The first-order valence-electron chi connectivity index (χ1n) is 8.24. The van der Waals surface area contributed by atoms with Gasteiger partial charge in [0.1, 0.15) is 5.75 Å².